The van der Waals surface area contributed by atoms with Crippen molar-refractivity contribution in [3.05, 3.63) is 0 Å². The number of hydrogen-bond donors (Lipinski definition) is 0. The number of rotatable bonds is 6. The normalized spacial score (nSPS) is 16.2. The molecular weight excluding hydrogens is 226 g/mol. The number of hydrogen-bond acceptors (Lipinski definition) is 3. The van der Waals surface area contributed by atoms with Gasteiger partial charge in [0, 0.05) is 0 Å². The Hall–Kier alpha value is 0.270. The van der Waals surface area contributed by atoms with Gasteiger partial charge in [-0.3, -0.25) is 0 Å². The van der Waals surface area contributed by atoms with Crippen LogP contribution in [0, 0.1) is 0 Å². The Morgan fingerprint density at radius 3 is 1.36 bits per heavy atom. The van der Waals surface area contributed by atoms with Gasteiger partial charge in [0.25, 0.3) is 0 Å². The van der Waals surface area contributed by atoms with Crippen LogP contribution in [-0.4, -0.2) is 33.1 Å². The third-order valence-corrected chi connectivity index (χ3v) is 12.3. The molecule has 0 aliphatic carbocycles. The van der Waals surface area contributed by atoms with Gasteiger partial charge in [0.05, 0.1) is 0 Å². The van der Waals surface area contributed by atoms with E-state index in [4.69, 9.17) is 3.97 Å². The molecule has 0 radical (unpaired) electrons. The maximum atomic E-state index is 12.7. The van der Waals surface area contributed by atoms with Crippen molar-refractivity contribution in [2.24, 2.45) is 0 Å². The van der Waals surface area contributed by atoms with Gasteiger partial charge in [-0.15, -0.1) is 0 Å². The van der Waals surface area contributed by atoms with Gasteiger partial charge >= 0.3 is 86.0 Å². The fourth-order valence-electron chi connectivity index (χ4n) is 1.80. The Morgan fingerprint density at radius 1 is 1.00 bits per heavy atom. The van der Waals surface area contributed by atoms with Crippen LogP contribution >= 0.6 is 6.83 Å². The summed E-state index contributed by atoms with van der Waals surface area (Å²) < 4.78 is 38.8. The van der Waals surface area contributed by atoms with E-state index in [1.807, 2.05) is 27.7 Å². The topological polar surface area (TPSA) is 43.4 Å². The Morgan fingerprint density at radius 2 is 1.29 bits per heavy atom. The zero-order chi connectivity index (χ0) is 11.5. The minimum absolute atomic E-state index is 0.609. The monoisotopic (exact) mass is 246 g/mol. The van der Waals surface area contributed by atoms with Crippen molar-refractivity contribution in [1.82, 2.24) is 0 Å². The van der Waals surface area contributed by atoms with Crippen LogP contribution in [-0.2, 0) is 14.5 Å². The summed E-state index contributed by atoms with van der Waals surface area (Å²) in [5.74, 6) is 0. The summed E-state index contributed by atoms with van der Waals surface area (Å²) in [5.41, 5.74) is 0. The van der Waals surface area contributed by atoms with Crippen molar-refractivity contribution in [3.8, 4) is 0 Å². The Balaban J connectivity index is 5.26. The maximum absolute atomic E-state index is 12.7. The van der Waals surface area contributed by atoms with Crippen LogP contribution in [0.4, 0.5) is 3.89 Å². The van der Waals surface area contributed by atoms with E-state index in [0.717, 1.165) is 0 Å². The van der Waals surface area contributed by atoms with Crippen LogP contribution in [0.15, 0.2) is 0 Å². The van der Waals surface area contributed by atoms with Crippen molar-refractivity contribution < 1.29 is 16.3 Å². The summed E-state index contributed by atoms with van der Waals surface area (Å²) >= 11 is 0. The zero-order valence-electron chi connectivity index (χ0n) is 9.29. The fourth-order valence-corrected chi connectivity index (χ4v) is 8.19. The summed E-state index contributed by atoms with van der Waals surface area (Å²) in [6, 6.07) is 0. The first-order valence-corrected chi connectivity index (χ1v) is 9.13. The summed E-state index contributed by atoms with van der Waals surface area (Å²) in [4.78, 5) is 0. The molecule has 0 fully saturated rings. The van der Waals surface area contributed by atoms with Crippen LogP contribution in [0.2, 0.25) is 0 Å². The van der Waals surface area contributed by atoms with Gasteiger partial charge in [-0.1, -0.05) is 0 Å². The third kappa shape index (κ3) is 2.88. The van der Waals surface area contributed by atoms with Crippen molar-refractivity contribution in [3.63, 3.8) is 0 Å². The van der Waals surface area contributed by atoms with Gasteiger partial charge in [0.15, 0.2) is 0 Å². The molecule has 0 spiro atoms. The zero-order valence-corrected chi connectivity index (χ0v) is 11.0. The molecule has 0 unspecified atom stereocenters. The molecule has 0 aromatic carbocycles. The summed E-state index contributed by atoms with van der Waals surface area (Å²) in [5, 5.41) is 0. The van der Waals surface area contributed by atoms with Crippen LogP contribution in [0.25, 0.3) is 0 Å². The van der Waals surface area contributed by atoms with Crippen LogP contribution in [0.5, 0.6) is 0 Å². The molecule has 0 aromatic rings. The molecular formula is C8H20FO3PS. The first-order chi connectivity index (χ1) is 6.26. The van der Waals surface area contributed by atoms with Gasteiger partial charge < -0.3 is 0 Å². The first-order valence-electron chi connectivity index (χ1n) is 4.93. The summed E-state index contributed by atoms with van der Waals surface area (Å²) in [7, 11) is -4.83. The molecule has 3 nitrogen and oxygen atoms in total. The molecule has 0 aliphatic rings. The van der Waals surface area contributed by atoms with Crippen molar-refractivity contribution in [2.45, 2.75) is 27.7 Å². The quantitative estimate of drug-likeness (QED) is 0.534. The summed E-state index contributed by atoms with van der Waals surface area (Å²) in [6.07, 6.45) is 2.44. The molecule has 0 saturated heterocycles. The van der Waals surface area contributed by atoms with E-state index in [2.05, 4.69) is 0 Å². The third-order valence-electron chi connectivity index (χ3n) is 3.50. The van der Waals surface area contributed by atoms with E-state index in [-0.39, 0.29) is 0 Å². The average molecular weight is 246 g/mol. The Bertz CT molecular complexity index is 261. The van der Waals surface area contributed by atoms with E-state index in [0.29, 0.717) is 24.6 Å². The van der Waals surface area contributed by atoms with Gasteiger partial charge in [-0.25, -0.2) is 0 Å². The predicted octanol–water partition coefficient (Wildman–Crippen LogP) is 2.77. The second-order valence-electron chi connectivity index (χ2n) is 3.59. The molecule has 0 rings (SSSR count). The Labute approximate surface area is 86.5 Å². The molecule has 0 N–H and O–H groups in total. The average Bonchev–Trinajstić information content (AvgIpc) is 2.14. The minimum atomic E-state index is -4.83. The molecule has 0 atom stereocenters. The molecule has 0 aliphatic heterocycles. The second kappa shape index (κ2) is 4.42. The van der Waals surface area contributed by atoms with E-state index < -0.39 is 17.3 Å². The van der Waals surface area contributed by atoms with E-state index in [1.54, 1.807) is 0 Å². The molecule has 14 heavy (non-hydrogen) atoms. The molecule has 0 aromatic heterocycles. The first kappa shape index (κ1) is 14.3. The molecule has 6 heteroatoms. The predicted molar refractivity (Wildman–Crippen MR) is 60.2 cm³/mol. The van der Waals surface area contributed by atoms with Crippen molar-refractivity contribution >= 4 is 17.3 Å². The van der Waals surface area contributed by atoms with Crippen molar-refractivity contribution in [1.29, 1.82) is 0 Å². The molecule has 0 bridgehead atoms. The van der Waals surface area contributed by atoms with E-state index in [9.17, 15) is 12.3 Å². The molecule has 0 heterocycles. The van der Waals surface area contributed by atoms with Crippen LogP contribution < -0.4 is 0 Å². The number of halogens is 1. The van der Waals surface area contributed by atoms with Gasteiger partial charge in [-0.05, 0) is 0 Å². The standard InChI is InChI=1S/C8H20FO3PS/c1-5-13(6-2,7-3,8-4)12-14(9,10)11/h5-8H2,1-4H3. The summed E-state index contributed by atoms with van der Waals surface area (Å²) in [6.45, 7) is 4.69. The van der Waals surface area contributed by atoms with Crippen LogP contribution in [0.1, 0.15) is 27.7 Å². The second-order valence-corrected chi connectivity index (χ2v) is 11.2. The van der Waals surface area contributed by atoms with Gasteiger partial charge in [0.1, 0.15) is 0 Å². The van der Waals surface area contributed by atoms with Gasteiger partial charge in [-0.2, -0.15) is 0 Å². The Kier molecular flexibility index (Phi) is 4.50. The fraction of sp³-hybridized carbons (Fsp3) is 1.00. The van der Waals surface area contributed by atoms with Crippen molar-refractivity contribution in [2.75, 3.05) is 24.6 Å². The van der Waals surface area contributed by atoms with Gasteiger partial charge in [0.2, 0.25) is 0 Å². The molecule has 0 saturated carbocycles. The van der Waals surface area contributed by atoms with E-state index in [1.165, 1.54) is 0 Å². The van der Waals surface area contributed by atoms with E-state index >= 15 is 0 Å². The molecule has 0 amide bonds. The SMILES string of the molecule is CCP(CC)(CC)(CC)OS(=O)(=O)F. The molecule has 88 valence electrons. The van der Waals surface area contributed by atoms with Crippen LogP contribution in [0.3, 0.4) is 0 Å².